The molecular formula is C14H14N2O3. The van der Waals surface area contributed by atoms with Gasteiger partial charge in [0.25, 0.3) is 0 Å². The Bertz CT molecular complexity index is 526. The highest BCUT2D eigenvalue weighted by molar-refractivity contribution is 5.88. The molecule has 0 spiro atoms. The van der Waals surface area contributed by atoms with Crippen LogP contribution in [0.1, 0.15) is 23.8 Å². The molecule has 0 fully saturated rings. The normalized spacial score (nSPS) is 9.95. The van der Waals surface area contributed by atoms with Crippen molar-refractivity contribution in [1.29, 1.82) is 0 Å². The van der Waals surface area contributed by atoms with Crippen molar-refractivity contribution < 1.29 is 14.3 Å². The Labute approximate surface area is 111 Å². The second-order valence-corrected chi connectivity index (χ2v) is 3.80. The standard InChI is InChI=1S/C14H14N2O3/c1-2-9-18-11-3-5-12(6-4-11)19-14(17)13-10-15-7-8-16-13/h3-8,10H,2,9H2,1H3. The molecule has 0 unspecified atom stereocenters. The molecule has 1 heterocycles. The van der Waals surface area contributed by atoms with Gasteiger partial charge >= 0.3 is 5.97 Å². The summed E-state index contributed by atoms with van der Waals surface area (Å²) in [5.41, 5.74) is 0.175. The monoisotopic (exact) mass is 258 g/mol. The highest BCUT2D eigenvalue weighted by atomic mass is 16.5. The summed E-state index contributed by atoms with van der Waals surface area (Å²) < 4.78 is 10.6. The first-order chi connectivity index (χ1) is 9.29. The lowest BCUT2D eigenvalue weighted by Gasteiger charge is -2.06. The molecule has 0 bridgehead atoms. The Balaban J connectivity index is 1.98. The van der Waals surface area contributed by atoms with Crippen LogP contribution in [-0.4, -0.2) is 22.5 Å². The Morgan fingerprint density at radius 3 is 2.53 bits per heavy atom. The average Bonchev–Trinajstić information content (AvgIpc) is 2.47. The van der Waals surface area contributed by atoms with E-state index in [1.807, 2.05) is 6.92 Å². The third-order valence-electron chi connectivity index (χ3n) is 2.28. The highest BCUT2D eigenvalue weighted by Gasteiger charge is 2.09. The zero-order valence-electron chi connectivity index (χ0n) is 10.6. The van der Waals surface area contributed by atoms with Gasteiger partial charge in [-0.3, -0.25) is 4.98 Å². The van der Waals surface area contributed by atoms with E-state index in [1.165, 1.54) is 18.6 Å². The summed E-state index contributed by atoms with van der Waals surface area (Å²) in [4.78, 5) is 19.4. The van der Waals surface area contributed by atoms with E-state index in [9.17, 15) is 4.79 Å². The maximum atomic E-state index is 11.7. The van der Waals surface area contributed by atoms with E-state index in [-0.39, 0.29) is 5.69 Å². The molecule has 1 aromatic heterocycles. The van der Waals surface area contributed by atoms with Crippen LogP contribution >= 0.6 is 0 Å². The minimum Gasteiger partial charge on any atom is -0.494 e. The third kappa shape index (κ3) is 3.77. The van der Waals surface area contributed by atoms with E-state index < -0.39 is 5.97 Å². The maximum absolute atomic E-state index is 11.7. The van der Waals surface area contributed by atoms with Crippen LogP contribution in [0.25, 0.3) is 0 Å². The lowest BCUT2D eigenvalue weighted by molar-refractivity contribution is 0.0728. The first kappa shape index (κ1) is 13.0. The minimum atomic E-state index is -0.532. The number of esters is 1. The molecule has 0 saturated carbocycles. The Morgan fingerprint density at radius 1 is 1.16 bits per heavy atom. The van der Waals surface area contributed by atoms with Gasteiger partial charge in [-0.2, -0.15) is 0 Å². The van der Waals surface area contributed by atoms with Crippen molar-refractivity contribution >= 4 is 5.97 Å². The summed E-state index contributed by atoms with van der Waals surface area (Å²) in [5, 5.41) is 0. The van der Waals surface area contributed by atoms with E-state index >= 15 is 0 Å². The molecule has 1 aromatic carbocycles. The zero-order valence-corrected chi connectivity index (χ0v) is 10.6. The Morgan fingerprint density at radius 2 is 1.89 bits per heavy atom. The topological polar surface area (TPSA) is 61.3 Å². The van der Waals surface area contributed by atoms with Crippen LogP contribution in [-0.2, 0) is 0 Å². The van der Waals surface area contributed by atoms with Crippen LogP contribution in [0, 0.1) is 0 Å². The van der Waals surface area contributed by atoms with Crippen molar-refractivity contribution in [1.82, 2.24) is 9.97 Å². The van der Waals surface area contributed by atoms with Gasteiger partial charge in [0.2, 0.25) is 0 Å². The van der Waals surface area contributed by atoms with Gasteiger partial charge in [0, 0.05) is 12.4 Å². The average molecular weight is 258 g/mol. The van der Waals surface area contributed by atoms with Gasteiger partial charge in [0.05, 0.1) is 12.8 Å². The fraction of sp³-hybridized carbons (Fsp3) is 0.214. The third-order valence-corrected chi connectivity index (χ3v) is 2.28. The molecule has 0 amide bonds. The van der Waals surface area contributed by atoms with E-state index in [2.05, 4.69) is 9.97 Å². The molecule has 98 valence electrons. The summed E-state index contributed by atoms with van der Waals surface area (Å²) in [6.45, 7) is 2.70. The molecule has 0 aliphatic carbocycles. The SMILES string of the molecule is CCCOc1ccc(OC(=O)c2cnccn2)cc1. The molecule has 5 nitrogen and oxygen atoms in total. The molecule has 0 aliphatic heterocycles. The predicted molar refractivity (Wildman–Crippen MR) is 69.2 cm³/mol. The highest BCUT2D eigenvalue weighted by Crippen LogP contribution is 2.18. The van der Waals surface area contributed by atoms with Gasteiger partial charge in [0.15, 0.2) is 5.69 Å². The van der Waals surface area contributed by atoms with E-state index in [4.69, 9.17) is 9.47 Å². The largest absolute Gasteiger partial charge is 0.494 e. The van der Waals surface area contributed by atoms with Crippen LogP contribution in [0.5, 0.6) is 11.5 Å². The number of carbonyl (C=O) groups is 1. The van der Waals surface area contributed by atoms with Crippen LogP contribution in [0.15, 0.2) is 42.9 Å². The fourth-order valence-electron chi connectivity index (χ4n) is 1.39. The summed E-state index contributed by atoms with van der Waals surface area (Å²) in [7, 11) is 0. The van der Waals surface area contributed by atoms with Gasteiger partial charge < -0.3 is 9.47 Å². The molecule has 0 N–H and O–H groups in total. The Kier molecular flexibility index (Phi) is 4.44. The van der Waals surface area contributed by atoms with Gasteiger partial charge in [0.1, 0.15) is 11.5 Å². The lowest BCUT2D eigenvalue weighted by Crippen LogP contribution is -2.10. The number of hydrogen-bond acceptors (Lipinski definition) is 5. The number of rotatable bonds is 5. The van der Waals surface area contributed by atoms with Crippen molar-refractivity contribution in [3.05, 3.63) is 48.5 Å². The Hall–Kier alpha value is -2.43. The first-order valence-corrected chi connectivity index (χ1v) is 6.00. The van der Waals surface area contributed by atoms with Crippen LogP contribution in [0.3, 0.4) is 0 Å². The number of benzene rings is 1. The summed E-state index contributed by atoms with van der Waals surface area (Å²) >= 11 is 0. The van der Waals surface area contributed by atoms with Crippen molar-refractivity contribution in [3.63, 3.8) is 0 Å². The van der Waals surface area contributed by atoms with E-state index in [1.54, 1.807) is 24.3 Å². The molecule has 0 radical (unpaired) electrons. The molecule has 0 atom stereocenters. The van der Waals surface area contributed by atoms with Crippen molar-refractivity contribution in [2.75, 3.05) is 6.61 Å². The first-order valence-electron chi connectivity index (χ1n) is 6.00. The lowest BCUT2D eigenvalue weighted by atomic mass is 10.3. The number of aromatic nitrogens is 2. The summed E-state index contributed by atoms with van der Waals surface area (Å²) in [5.74, 6) is 0.663. The van der Waals surface area contributed by atoms with Gasteiger partial charge in [-0.05, 0) is 30.7 Å². The molecule has 0 saturated heterocycles. The predicted octanol–water partition coefficient (Wildman–Crippen LogP) is 2.48. The quantitative estimate of drug-likeness (QED) is 0.609. The summed E-state index contributed by atoms with van der Waals surface area (Å²) in [6, 6.07) is 6.88. The molecule has 19 heavy (non-hydrogen) atoms. The molecule has 2 aromatic rings. The maximum Gasteiger partial charge on any atom is 0.363 e. The second-order valence-electron chi connectivity index (χ2n) is 3.80. The number of hydrogen-bond donors (Lipinski definition) is 0. The number of carbonyl (C=O) groups excluding carboxylic acids is 1. The van der Waals surface area contributed by atoms with Gasteiger partial charge in [-0.15, -0.1) is 0 Å². The van der Waals surface area contributed by atoms with Gasteiger partial charge in [-0.1, -0.05) is 6.92 Å². The van der Waals surface area contributed by atoms with Gasteiger partial charge in [-0.25, -0.2) is 9.78 Å². The van der Waals surface area contributed by atoms with E-state index in [0.717, 1.165) is 12.2 Å². The van der Waals surface area contributed by atoms with Crippen LogP contribution in [0.4, 0.5) is 0 Å². The number of ether oxygens (including phenoxy) is 2. The second kappa shape index (κ2) is 6.49. The number of nitrogens with zero attached hydrogens (tertiary/aromatic N) is 2. The van der Waals surface area contributed by atoms with E-state index in [0.29, 0.717) is 12.4 Å². The van der Waals surface area contributed by atoms with Crippen molar-refractivity contribution in [3.8, 4) is 11.5 Å². The van der Waals surface area contributed by atoms with Crippen LogP contribution in [0.2, 0.25) is 0 Å². The van der Waals surface area contributed by atoms with Crippen molar-refractivity contribution in [2.24, 2.45) is 0 Å². The summed E-state index contributed by atoms with van der Waals surface area (Å²) in [6.07, 6.45) is 5.25. The zero-order chi connectivity index (χ0) is 13.5. The smallest absolute Gasteiger partial charge is 0.363 e. The minimum absolute atomic E-state index is 0.175. The molecule has 0 aliphatic rings. The van der Waals surface area contributed by atoms with Crippen molar-refractivity contribution in [2.45, 2.75) is 13.3 Å². The fourth-order valence-corrected chi connectivity index (χ4v) is 1.39. The molecule has 5 heteroatoms. The molecular weight excluding hydrogens is 244 g/mol. The van der Waals surface area contributed by atoms with Crippen LogP contribution < -0.4 is 9.47 Å². The molecule has 2 rings (SSSR count).